The van der Waals surface area contributed by atoms with Crippen LogP contribution in [0.5, 0.6) is 5.75 Å². The van der Waals surface area contributed by atoms with Crippen LogP contribution in [0, 0.1) is 10.1 Å². The molecule has 0 unspecified atom stereocenters. The van der Waals surface area contributed by atoms with E-state index < -0.39 is 4.92 Å². The van der Waals surface area contributed by atoms with Gasteiger partial charge in [0.25, 0.3) is 5.91 Å². The monoisotopic (exact) mass is 375 g/mol. The van der Waals surface area contributed by atoms with Crippen LogP contribution in [-0.2, 0) is 6.54 Å². The van der Waals surface area contributed by atoms with E-state index in [2.05, 4.69) is 16.3 Å². The first-order valence-electron chi connectivity index (χ1n) is 8.53. The van der Waals surface area contributed by atoms with Crippen LogP contribution in [-0.4, -0.2) is 53.4 Å². The molecular formula is C18H21N3O4S. The van der Waals surface area contributed by atoms with Gasteiger partial charge in [-0.15, -0.1) is 11.3 Å². The molecule has 0 N–H and O–H groups in total. The number of rotatable bonds is 6. The molecule has 1 saturated heterocycles. The molecule has 0 aliphatic carbocycles. The number of amides is 1. The molecule has 8 heteroatoms. The van der Waals surface area contributed by atoms with Gasteiger partial charge >= 0.3 is 5.69 Å². The van der Waals surface area contributed by atoms with E-state index in [1.165, 1.54) is 17.0 Å². The molecule has 3 rings (SSSR count). The highest BCUT2D eigenvalue weighted by molar-refractivity contribution is 7.09. The number of nitrogens with zero attached hydrogens (tertiary/aromatic N) is 3. The lowest BCUT2D eigenvalue weighted by atomic mass is 10.1. The molecule has 0 radical (unpaired) electrons. The van der Waals surface area contributed by atoms with Crippen LogP contribution in [0.15, 0.2) is 35.7 Å². The highest BCUT2D eigenvalue weighted by atomic mass is 32.1. The highest BCUT2D eigenvalue weighted by Gasteiger charge is 2.25. The molecule has 1 aliphatic heterocycles. The van der Waals surface area contributed by atoms with Crippen molar-refractivity contribution in [2.24, 2.45) is 0 Å². The molecule has 1 aliphatic rings. The van der Waals surface area contributed by atoms with E-state index in [1.807, 2.05) is 6.07 Å². The van der Waals surface area contributed by atoms with Gasteiger partial charge in [0.2, 0.25) is 0 Å². The summed E-state index contributed by atoms with van der Waals surface area (Å²) >= 11 is 1.73. The number of ether oxygens (including phenoxy) is 1. The summed E-state index contributed by atoms with van der Waals surface area (Å²) in [6, 6.07) is 8.56. The molecule has 1 amide bonds. The predicted octanol–water partition coefficient (Wildman–Crippen LogP) is 3.01. The van der Waals surface area contributed by atoms with Crippen LogP contribution in [0.3, 0.4) is 0 Å². The van der Waals surface area contributed by atoms with Crippen LogP contribution in [0.1, 0.15) is 22.2 Å². The first-order valence-corrected chi connectivity index (χ1v) is 9.41. The molecule has 0 bridgehead atoms. The first kappa shape index (κ1) is 18.3. The molecule has 0 saturated carbocycles. The van der Waals surface area contributed by atoms with Gasteiger partial charge in [-0.25, -0.2) is 0 Å². The van der Waals surface area contributed by atoms with Gasteiger partial charge in [-0.3, -0.25) is 19.8 Å². The Balaban J connectivity index is 1.64. The Morgan fingerprint density at radius 3 is 2.65 bits per heavy atom. The molecule has 26 heavy (non-hydrogen) atoms. The quantitative estimate of drug-likeness (QED) is 0.573. The van der Waals surface area contributed by atoms with Crippen LogP contribution in [0.2, 0.25) is 0 Å². The van der Waals surface area contributed by atoms with E-state index >= 15 is 0 Å². The fourth-order valence-electron chi connectivity index (χ4n) is 2.99. The summed E-state index contributed by atoms with van der Waals surface area (Å²) in [5, 5.41) is 13.3. The van der Waals surface area contributed by atoms with Crippen molar-refractivity contribution in [1.82, 2.24) is 9.80 Å². The molecule has 0 spiro atoms. The third-order valence-corrected chi connectivity index (χ3v) is 5.18. The Kier molecular flexibility index (Phi) is 5.85. The molecule has 0 atom stereocenters. The van der Waals surface area contributed by atoms with Gasteiger partial charge in [-0.2, -0.15) is 0 Å². The van der Waals surface area contributed by atoms with E-state index in [1.54, 1.807) is 29.2 Å². The minimum atomic E-state index is -0.513. The molecule has 2 heterocycles. The lowest BCUT2D eigenvalue weighted by Gasteiger charge is -2.34. The molecule has 1 aromatic heterocycles. The minimum absolute atomic E-state index is 0.172. The number of thiophene rings is 1. The SMILES string of the molecule is CCOc1ccc(C(=O)N2CCN(Cc3cccs3)CC2)cc1[N+](=O)[O-]. The molecule has 2 aromatic rings. The summed E-state index contributed by atoms with van der Waals surface area (Å²) in [5.41, 5.74) is 0.154. The van der Waals surface area contributed by atoms with Gasteiger partial charge in [-0.05, 0) is 30.5 Å². The zero-order valence-corrected chi connectivity index (χ0v) is 15.4. The summed E-state index contributed by atoms with van der Waals surface area (Å²) < 4.78 is 5.27. The van der Waals surface area contributed by atoms with Gasteiger partial charge in [-0.1, -0.05) is 6.07 Å². The zero-order valence-electron chi connectivity index (χ0n) is 14.6. The molecular weight excluding hydrogens is 354 g/mol. The Bertz CT molecular complexity index is 771. The summed E-state index contributed by atoms with van der Waals surface area (Å²) in [5.74, 6) is 0.0155. The lowest BCUT2D eigenvalue weighted by Crippen LogP contribution is -2.48. The van der Waals surface area contributed by atoms with E-state index in [9.17, 15) is 14.9 Å². The van der Waals surface area contributed by atoms with Crippen molar-refractivity contribution in [2.75, 3.05) is 32.8 Å². The van der Waals surface area contributed by atoms with Gasteiger partial charge < -0.3 is 9.64 Å². The van der Waals surface area contributed by atoms with Crippen molar-refractivity contribution in [3.05, 3.63) is 56.3 Å². The van der Waals surface area contributed by atoms with Crippen LogP contribution < -0.4 is 4.74 Å². The van der Waals surface area contributed by atoms with Crippen LogP contribution in [0.4, 0.5) is 5.69 Å². The van der Waals surface area contributed by atoms with Crippen molar-refractivity contribution >= 4 is 22.9 Å². The van der Waals surface area contributed by atoms with E-state index in [0.717, 1.165) is 19.6 Å². The summed E-state index contributed by atoms with van der Waals surface area (Å²) in [7, 11) is 0. The van der Waals surface area contributed by atoms with E-state index in [4.69, 9.17) is 4.74 Å². The second-order valence-corrected chi connectivity index (χ2v) is 7.05. The van der Waals surface area contributed by atoms with Gasteiger partial charge in [0.05, 0.1) is 11.5 Å². The number of hydrogen-bond donors (Lipinski definition) is 0. The fraction of sp³-hybridized carbons (Fsp3) is 0.389. The van der Waals surface area contributed by atoms with Gasteiger partial charge in [0.15, 0.2) is 5.75 Å². The third kappa shape index (κ3) is 4.20. The molecule has 7 nitrogen and oxygen atoms in total. The Hall–Kier alpha value is -2.45. The van der Waals surface area contributed by atoms with Crippen molar-refractivity contribution in [3.8, 4) is 5.75 Å². The molecule has 1 aromatic carbocycles. The van der Waals surface area contributed by atoms with Gasteiger partial charge in [0.1, 0.15) is 0 Å². The lowest BCUT2D eigenvalue weighted by molar-refractivity contribution is -0.385. The number of carbonyl (C=O) groups excluding carboxylic acids is 1. The molecule has 138 valence electrons. The van der Waals surface area contributed by atoms with E-state index in [-0.39, 0.29) is 17.3 Å². The second-order valence-electron chi connectivity index (χ2n) is 6.02. The number of nitro groups is 1. The summed E-state index contributed by atoms with van der Waals surface area (Å²) in [4.78, 5) is 28.8. The van der Waals surface area contributed by atoms with Crippen LogP contribution >= 0.6 is 11.3 Å². The topological polar surface area (TPSA) is 75.9 Å². The summed E-state index contributed by atoms with van der Waals surface area (Å²) in [6.45, 7) is 5.81. The predicted molar refractivity (Wildman–Crippen MR) is 99.8 cm³/mol. The molecule has 1 fully saturated rings. The number of benzene rings is 1. The number of nitro benzene ring substituents is 1. The largest absolute Gasteiger partial charge is 0.487 e. The van der Waals surface area contributed by atoms with Crippen molar-refractivity contribution < 1.29 is 14.5 Å². The number of carbonyl (C=O) groups is 1. The van der Waals surface area contributed by atoms with Crippen molar-refractivity contribution in [1.29, 1.82) is 0 Å². The zero-order chi connectivity index (χ0) is 18.5. The first-order chi connectivity index (χ1) is 12.6. The Morgan fingerprint density at radius 2 is 2.04 bits per heavy atom. The van der Waals surface area contributed by atoms with Crippen molar-refractivity contribution in [3.63, 3.8) is 0 Å². The minimum Gasteiger partial charge on any atom is -0.487 e. The van der Waals surface area contributed by atoms with Crippen LogP contribution in [0.25, 0.3) is 0 Å². The number of piperazine rings is 1. The average Bonchev–Trinajstić information content (AvgIpc) is 3.15. The average molecular weight is 375 g/mol. The second kappa shape index (κ2) is 8.29. The maximum atomic E-state index is 12.7. The Labute approximate surface area is 155 Å². The number of hydrogen-bond acceptors (Lipinski definition) is 6. The smallest absolute Gasteiger partial charge is 0.311 e. The summed E-state index contributed by atoms with van der Waals surface area (Å²) in [6.07, 6.45) is 0. The van der Waals surface area contributed by atoms with Gasteiger partial charge in [0, 0.05) is 49.2 Å². The Morgan fingerprint density at radius 1 is 1.27 bits per heavy atom. The van der Waals surface area contributed by atoms with Crippen molar-refractivity contribution in [2.45, 2.75) is 13.5 Å². The fourth-order valence-corrected chi connectivity index (χ4v) is 3.73. The highest BCUT2D eigenvalue weighted by Crippen LogP contribution is 2.28. The third-order valence-electron chi connectivity index (χ3n) is 4.32. The normalized spacial score (nSPS) is 15.0. The van der Waals surface area contributed by atoms with E-state index in [0.29, 0.717) is 25.3 Å². The standard InChI is InChI=1S/C18H21N3O4S/c1-2-25-17-6-5-14(12-16(17)21(23)24)18(22)20-9-7-19(8-10-20)13-15-4-3-11-26-15/h3-6,11-12H,2,7-10,13H2,1H3. The maximum absolute atomic E-state index is 12.7. The maximum Gasteiger partial charge on any atom is 0.311 e.